The van der Waals surface area contributed by atoms with Crippen molar-refractivity contribution in [2.45, 2.75) is 48.6 Å². The number of halogens is 10. The summed E-state index contributed by atoms with van der Waals surface area (Å²) in [7, 11) is -6.83. The average Bonchev–Trinajstić information content (AvgIpc) is 2.63. The maximum Gasteiger partial charge on any atom is 0.466 e. The Morgan fingerprint density at radius 1 is 0.971 bits per heavy atom. The summed E-state index contributed by atoms with van der Waals surface area (Å²) in [5, 5.41) is -4.83. The lowest BCUT2D eigenvalue weighted by atomic mass is 10.1. The zero-order chi connectivity index (χ0) is 27.4. The summed E-state index contributed by atoms with van der Waals surface area (Å²) in [6.45, 7) is 3.45. The molecule has 198 valence electrons. The van der Waals surface area contributed by atoms with Crippen LogP contribution in [0.4, 0.5) is 43.9 Å². The van der Waals surface area contributed by atoms with Crippen LogP contribution in [0.15, 0.2) is 24.9 Å². The van der Waals surface area contributed by atoms with E-state index >= 15 is 0 Å². The molecule has 0 fully saturated rings. The van der Waals surface area contributed by atoms with Crippen LogP contribution in [-0.2, 0) is 29.2 Å². The summed E-state index contributed by atoms with van der Waals surface area (Å²) in [4.78, 5) is 23.3. The zero-order valence-corrected chi connectivity index (χ0v) is 17.2. The number of alkyl halides is 10. The Labute approximate surface area is 184 Å². The molecule has 1 unspecified atom stereocenters. The normalized spacial score (nSPS) is 15.3. The fourth-order valence-electron chi connectivity index (χ4n) is 1.90. The molecule has 1 amide bonds. The summed E-state index contributed by atoms with van der Waals surface area (Å²) < 4.78 is 169. The molecular formula is C15H14F10NO7S-. The van der Waals surface area contributed by atoms with Crippen molar-refractivity contribution in [3.8, 4) is 0 Å². The highest BCUT2D eigenvalue weighted by Crippen LogP contribution is 2.42. The van der Waals surface area contributed by atoms with E-state index < -0.39 is 82.8 Å². The zero-order valence-electron chi connectivity index (χ0n) is 16.4. The van der Waals surface area contributed by atoms with Gasteiger partial charge in [-0.2, -0.15) is 43.9 Å². The molecular weight excluding hydrogens is 528 g/mol. The maximum absolute atomic E-state index is 13.5. The molecule has 0 aliphatic carbocycles. The summed E-state index contributed by atoms with van der Waals surface area (Å²) in [6.07, 6.45) is -15.8. The van der Waals surface area contributed by atoms with Crippen molar-refractivity contribution < 1.29 is 75.9 Å². The summed E-state index contributed by atoms with van der Waals surface area (Å²) >= 11 is 0. The number of hydrogen-bond donors (Lipinski definition) is 1. The topological polar surface area (TPSA) is 122 Å². The Bertz CT molecular complexity index is 898. The van der Waals surface area contributed by atoms with E-state index in [1.165, 1.54) is 5.32 Å². The van der Waals surface area contributed by atoms with Crippen LogP contribution in [0.2, 0.25) is 0 Å². The van der Waals surface area contributed by atoms with Crippen molar-refractivity contribution in [1.82, 2.24) is 5.32 Å². The number of unbranched alkanes of at least 4 members (excludes halogenated alkanes) is 1. The SMILES string of the molecule is C=CNC(=O)C(OCCCCC(F)(F)C(F)(F)S(=O)(=O)[O-])(OC(=O)C(=C)C(F)(F)F)C(F)(F)F. The Kier molecular flexibility index (Phi) is 9.72. The predicted octanol–water partition coefficient (Wildman–Crippen LogP) is 3.13. The van der Waals surface area contributed by atoms with Crippen LogP contribution >= 0.6 is 0 Å². The highest BCUT2D eigenvalue weighted by molar-refractivity contribution is 7.86. The molecule has 34 heavy (non-hydrogen) atoms. The van der Waals surface area contributed by atoms with Crippen LogP contribution < -0.4 is 5.32 Å². The Morgan fingerprint density at radius 2 is 1.47 bits per heavy atom. The molecule has 0 aliphatic rings. The van der Waals surface area contributed by atoms with Gasteiger partial charge in [-0.3, -0.25) is 4.79 Å². The molecule has 0 saturated carbocycles. The van der Waals surface area contributed by atoms with E-state index in [0.29, 0.717) is 0 Å². The Hall–Kier alpha value is -2.41. The van der Waals surface area contributed by atoms with Gasteiger partial charge in [0.05, 0.1) is 6.61 Å². The number of esters is 1. The van der Waals surface area contributed by atoms with E-state index in [1.54, 1.807) is 0 Å². The van der Waals surface area contributed by atoms with Crippen LogP contribution in [0.1, 0.15) is 19.3 Å². The number of amides is 1. The Balaban J connectivity index is 5.70. The van der Waals surface area contributed by atoms with Crippen molar-refractivity contribution in [2.75, 3.05) is 6.61 Å². The summed E-state index contributed by atoms with van der Waals surface area (Å²) in [5.74, 6) is -15.5. The van der Waals surface area contributed by atoms with E-state index in [2.05, 4.69) is 22.6 Å². The summed E-state index contributed by atoms with van der Waals surface area (Å²) in [6, 6.07) is 0. The third-order valence-corrected chi connectivity index (χ3v) is 4.59. The van der Waals surface area contributed by atoms with Crippen LogP contribution in [0.3, 0.4) is 0 Å². The number of rotatable bonds is 12. The minimum Gasteiger partial charge on any atom is -0.743 e. The third kappa shape index (κ3) is 7.05. The molecule has 0 spiro atoms. The highest BCUT2D eigenvalue weighted by Gasteiger charge is 2.67. The molecule has 0 aromatic rings. The van der Waals surface area contributed by atoms with Gasteiger partial charge in [0.25, 0.3) is 0 Å². The molecule has 0 radical (unpaired) electrons. The monoisotopic (exact) mass is 542 g/mol. The van der Waals surface area contributed by atoms with Gasteiger partial charge in [0, 0.05) is 6.42 Å². The van der Waals surface area contributed by atoms with Gasteiger partial charge in [-0.15, -0.1) is 0 Å². The van der Waals surface area contributed by atoms with E-state index in [-0.39, 0.29) is 6.20 Å². The van der Waals surface area contributed by atoms with E-state index in [1.807, 2.05) is 0 Å². The minimum atomic E-state index is -6.83. The molecule has 1 N–H and O–H groups in total. The van der Waals surface area contributed by atoms with Crippen molar-refractivity contribution in [1.29, 1.82) is 0 Å². The smallest absolute Gasteiger partial charge is 0.466 e. The largest absolute Gasteiger partial charge is 0.743 e. The predicted molar refractivity (Wildman–Crippen MR) is 87.8 cm³/mol. The molecule has 0 aliphatic heterocycles. The van der Waals surface area contributed by atoms with Crippen LogP contribution in [-0.4, -0.2) is 60.8 Å². The second-order valence-electron chi connectivity index (χ2n) is 6.14. The molecule has 0 aromatic carbocycles. The van der Waals surface area contributed by atoms with Crippen LogP contribution in [0, 0.1) is 0 Å². The van der Waals surface area contributed by atoms with Gasteiger partial charge in [-0.1, -0.05) is 13.2 Å². The average molecular weight is 542 g/mol. The number of nitrogens with one attached hydrogen (secondary N) is 1. The van der Waals surface area contributed by atoms with Crippen molar-refractivity contribution >= 4 is 22.0 Å². The molecule has 19 heteroatoms. The fourth-order valence-corrected chi connectivity index (χ4v) is 2.37. The molecule has 0 rings (SSSR count). The van der Waals surface area contributed by atoms with Gasteiger partial charge in [0.15, 0.2) is 10.1 Å². The minimum absolute atomic E-state index is 0.282. The van der Waals surface area contributed by atoms with Gasteiger partial charge >= 0.3 is 41.2 Å². The number of hydrogen-bond acceptors (Lipinski definition) is 7. The molecule has 1 atom stereocenters. The van der Waals surface area contributed by atoms with Gasteiger partial charge in [-0.05, 0) is 19.0 Å². The first-order chi connectivity index (χ1) is 15.0. The lowest BCUT2D eigenvalue weighted by Gasteiger charge is -2.33. The standard InChI is InChI=1S/C15H15F10NO7S/c1-3-26-10(28)12(14(21,22)23,33-9(27)8(2)13(18,19)20)32-7-5-4-6-11(16,17)15(24,25)34(29,30)31/h3H,1-2,4-7H2,(H,26,28)(H,29,30,31)/p-1. The van der Waals surface area contributed by atoms with Crippen molar-refractivity contribution in [3.63, 3.8) is 0 Å². The van der Waals surface area contributed by atoms with Gasteiger partial charge in [0.1, 0.15) is 5.57 Å². The fraction of sp³-hybridized carbons (Fsp3) is 0.600. The van der Waals surface area contributed by atoms with Crippen LogP contribution in [0.5, 0.6) is 0 Å². The Morgan fingerprint density at radius 3 is 1.85 bits per heavy atom. The first-order valence-corrected chi connectivity index (χ1v) is 9.72. The number of carbonyl (C=O) groups is 2. The second-order valence-corrected chi connectivity index (χ2v) is 7.56. The lowest BCUT2D eigenvalue weighted by Crippen LogP contribution is -2.61. The first kappa shape index (κ1) is 31.6. The molecule has 0 saturated heterocycles. The van der Waals surface area contributed by atoms with E-state index in [9.17, 15) is 66.5 Å². The van der Waals surface area contributed by atoms with Gasteiger partial charge in [-0.25, -0.2) is 13.2 Å². The highest BCUT2D eigenvalue weighted by atomic mass is 32.2. The maximum atomic E-state index is 13.5. The summed E-state index contributed by atoms with van der Waals surface area (Å²) in [5.41, 5.74) is -2.49. The first-order valence-electron chi connectivity index (χ1n) is 8.31. The third-order valence-electron chi connectivity index (χ3n) is 3.66. The molecule has 0 bridgehead atoms. The van der Waals surface area contributed by atoms with E-state index in [4.69, 9.17) is 0 Å². The van der Waals surface area contributed by atoms with E-state index in [0.717, 1.165) is 0 Å². The van der Waals surface area contributed by atoms with Crippen molar-refractivity contribution in [3.05, 3.63) is 24.9 Å². The molecule has 8 nitrogen and oxygen atoms in total. The molecule has 0 heterocycles. The second kappa shape index (κ2) is 10.5. The van der Waals surface area contributed by atoms with Gasteiger partial charge in [0.2, 0.25) is 0 Å². The number of carbonyl (C=O) groups excluding carboxylic acids is 2. The van der Waals surface area contributed by atoms with Gasteiger partial charge < -0.3 is 19.3 Å². The van der Waals surface area contributed by atoms with Crippen molar-refractivity contribution in [2.24, 2.45) is 0 Å². The lowest BCUT2D eigenvalue weighted by molar-refractivity contribution is -0.347. The van der Waals surface area contributed by atoms with Crippen LogP contribution in [0.25, 0.3) is 0 Å². The quantitative estimate of drug-likeness (QED) is 0.100. The number of ether oxygens (including phenoxy) is 2. The molecule has 0 aromatic heterocycles.